The lowest BCUT2D eigenvalue weighted by molar-refractivity contribution is 0.314. The lowest BCUT2D eigenvalue weighted by Crippen LogP contribution is -2.49. The lowest BCUT2D eigenvalue weighted by atomic mass is 10.3. The zero-order valence-corrected chi connectivity index (χ0v) is 21.0. The summed E-state index contributed by atoms with van der Waals surface area (Å²) in [4.78, 5) is 6.48. The molecule has 10 nitrogen and oxygen atoms in total. The average Bonchev–Trinajstić information content (AvgIpc) is 2.86. The highest BCUT2D eigenvalue weighted by molar-refractivity contribution is 7.89. The van der Waals surface area contributed by atoms with Crippen LogP contribution < -0.4 is 19.7 Å². The molecule has 1 N–H and O–H groups in total. The minimum atomic E-state index is -3.72. The number of hydrogen-bond acceptors (Lipinski definition) is 9. The summed E-state index contributed by atoms with van der Waals surface area (Å²) in [5.74, 6) is 2.86. The number of nitrogens with zero attached hydrogens (tertiary/aromatic N) is 5. The molecule has 186 valence electrons. The van der Waals surface area contributed by atoms with E-state index in [4.69, 9.17) is 9.47 Å². The van der Waals surface area contributed by atoms with Gasteiger partial charge in [-0.05, 0) is 56.7 Å². The average molecular weight is 499 g/mol. The molecule has 11 heteroatoms. The number of piperazine rings is 1. The molecule has 35 heavy (non-hydrogen) atoms. The molecular weight excluding hydrogens is 468 g/mol. The van der Waals surface area contributed by atoms with Crippen molar-refractivity contribution in [1.82, 2.24) is 19.5 Å². The molecule has 1 aliphatic heterocycles. The number of nitrogens with one attached hydrogen (secondary N) is 1. The van der Waals surface area contributed by atoms with Gasteiger partial charge in [0.05, 0.1) is 13.2 Å². The maximum atomic E-state index is 13.4. The van der Waals surface area contributed by atoms with Gasteiger partial charge in [-0.25, -0.2) is 13.4 Å². The third-order valence-corrected chi connectivity index (χ3v) is 7.46. The minimum absolute atomic E-state index is 0.149. The summed E-state index contributed by atoms with van der Waals surface area (Å²) in [6.07, 6.45) is 1.78. The predicted molar refractivity (Wildman–Crippen MR) is 134 cm³/mol. The van der Waals surface area contributed by atoms with Gasteiger partial charge >= 0.3 is 0 Å². The summed E-state index contributed by atoms with van der Waals surface area (Å²) in [6, 6.07) is 12.4. The van der Waals surface area contributed by atoms with Crippen molar-refractivity contribution in [2.24, 2.45) is 0 Å². The Balaban J connectivity index is 1.41. The minimum Gasteiger partial charge on any atom is -0.494 e. The second-order valence-electron chi connectivity index (χ2n) is 7.99. The van der Waals surface area contributed by atoms with Crippen LogP contribution in [0.15, 0.2) is 53.6 Å². The van der Waals surface area contributed by atoms with Gasteiger partial charge in [-0.15, -0.1) is 10.2 Å². The Kier molecular flexibility index (Phi) is 7.67. The largest absolute Gasteiger partial charge is 0.494 e. The van der Waals surface area contributed by atoms with Gasteiger partial charge in [-0.2, -0.15) is 4.31 Å². The maximum Gasteiger partial charge on any atom is 0.246 e. The van der Waals surface area contributed by atoms with Crippen LogP contribution in [-0.4, -0.2) is 67.3 Å². The van der Waals surface area contributed by atoms with E-state index in [-0.39, 0.29) is 4.90 Å². The van der Waals surface area contributed by atoms with Gasteiger partial charge < -0.3 is 19.7 Å². The zero-order chi connectivity index (χ0) is 24.8. The number of benzene rings is 1. The van der Waals surface area contributed by atoms with Gasteiger partial charge in [0.15, 0.2) is 11.6 Å². The third kappa shape index (κ3) is 5.80. The van der Waals surface area contributed by atoms with Gasteiger partial charge in [-0.1, -0.05) is 6.07 Å². The molecule has 0 saturated carbocycles. The number of aromatic nitrogens is 3. The quantitative estimate of drug-likeness (QED) is 0.475. The predicted octanol–water partition coefficient (Wildman–Crippen LogP) is 3.23. The number of ether oxygens (including phenoxy) is 2. The third-order valence-electron chi connectivity index (χ3n) is 5.52. The van der Waals surface area contributed by atoms with Crippen molar-refractivity contribution in [2.75, 3.05) is 49.6 Å². The van der Waals surface area contributed by atoms with E-state index >= 15 is 0 Å². The van der Waals surface area contributed by atoms with Crippen LogP contribution in [0.25, 0.3) is 0 Å². The van der Waals surface area contributed by atoms with Gasteiger partial charge in [-0.3, -0.25) is 0 Å². The Labute approximate surface area is 206 Å². The monoisotopic (exact) mass is 498 g/mol. The van der Waals surface area contributed by atoms with Crippen LogP contribution >= 0.6 is 0 Å². The van der Waals surface area contributed by atoms with E-state index in [1.165, 1.54) is 4.31 Å². The molecule has 2 aromatic heterocycles. The van der Waals surface area contributed by atoms with E-state index in [0.29, 0.717) is 68.3 Å². The highest BCUT2D eigenvalue weighted by Gasteiger charge is 2.31. The summed E-state index contributed by atoms with van der Waals surface area (Å²) in [5.41, 5.74) is 1.08. The Hall–Kier alpha value is -3.44. The van der Waals surface area contributed by atoms with Crippen molar-refractivity contribution >= 4 is 27.5 Å². The fraction of sp³-hybridized carbons (Fsp3) is 0.375. The number of pyridine rings is 1. The SMILES string of the molecule is CCOc1ccc(S(=O)(=O)N2CCN(c3ccc(Nc4ccc(C)cn4)nn3)CC2)c(OCC)c1. The van der Waals surface area contributed by atoms with E-state index in [1.54, 1.807) is 24.4 Å². The van der Waals surface area contributed by atoms with Crippen LogP contribution in [0.1, 0.15) is 19.4 Å². The second-order valence-corrected chi connectivity index (χ2v) is 9.89. The zero-order valence-electron chi connectivity index (χ0n) is 20.1. The Morgan fingerprint density at radius 3 is 2.29 bits per heavy atom. The van der Waals surface area contributed by atoms with Crippen LogP contribution in [0.2, 0.25) is 0 Å². The first-order valence-corrected chi connectivity index (χ1v) is 13.0. The molecule has 1 aliphatic rings. The summed E-state index contributed by atoms with van der Waals surface area (Å²) < 4.78 is 39.4. The van der Waals surface area contributed by atoms with E-state index in [2.05, 4.69) is 20.5 Å². The Bertz CT molecular complexity index is 1230. The smallest absolute Gasteiger partial charge is 0.246 e. The van der Waals surface area contributed by atoms with Gasteiger partial charge in [0, 0.05) is 38.4 Å². The van der Waals surface area contributed by atoms with Gasteiger partial charge in [0.2, 0.25) is 10.0 Å². The van der Waals surface area contributed by atoms with Crippen molar-refractivity contribution in [3.8, 4) is 11.5 Å². The fourth-order valence-corrected chi connectivity index (χ4v) is 5.29. The molecule has 0 radical (unpaired) electrons. The molecule has 0 unspecified atom stereocenters. The number of hydrogen-bond donors (Lipinski definition) is 1. The first kappa shape index (κ1) is 24.7. The van der Waals surface area contributed by atoms with E-state index < -0.39 is 10.0 Å². The maximum absolute atomic E-state index is 13.4. The molecule has 1 fully saturated rings. The van der Waals surface area contributed by atoms with E-state index in [0.717, 1.165) is 5.56 Å². The Morgan fingerprint density at radius 2 is 1.66 bits per heavy atom. The molecule has 0 atom stereocenters. The summed E-state index contributed by atoms with van der Waals surface area (Å²) in [7, 11) is -3.72. The standard InChI is InChI=1S/C24H30N6O4S/c1-4-33-19-7-8-21(20(16-19)34-5-2)35(31,32)30-14-12-29(13-15-30)24-11-10-23(27-28-24)26-22-9-6-18(3)17-25-22/h6-11,16-17H,4-5,12-15H2,1-3H3,(H,25,26,27). The molecular formula is C24H30N6O4S. The molecule has 0 spiro atoms. The molecule has 3 heterocycles. The van der Waals surface area contributed by atoms with Crippen molar-refractivity contribution in [3.63, 3.8) is 0 Å². The molecule has 4 rings (SSSR count). The van der Waals surface area contributed by atoms with Crippen LogP contribution in [-0.2, 0) is 10.0 Å². The van der Waals surface area contributed by atoms with Crippen molar-refractivity contribution in [2.45, 2.75) is 25.7 Å². The molecule has 0 aliphatic carbocycles. The number of aryl methyl sites for hydroxylation is 1. The molecule has 0 amide bonds. The van der Waals surface area contributed by atoms with E-state index in [9.17, 15) is 8.42 Å². The topological polar surface area (TPSA) is 110 Å². The fourth-order valence-electron chi connectivity index (χ4n) is 3.76. The van der Waals surface area contributed by atoms with Crippen LogP contribution in [0.4, 0.5) is 17.5 Å². The highest BCUT2D eigenvalue weighted by atomic mass is 32.2. The summed E-state index contributed by atoms with van der Waals surface area (Å²) >= 11 is 0. The van der Waals surface area contributed by atoms with Gasteiger partial charge in [0.25, 0.3) is 0 Å². The normalized spacial score (nSPS) is 14.5. The van der Waals surface area contributed by atoms with E-state index in [1.807, 2.05) is 49.9 Å². The van der Waals surface area contributed by atoms with Gasteiger partial charge in [0.1, 0.15) is 22.2 Å². The molecule has 0 bridgehead atoms. The molecule has 1 saturated heterocycles. The van der Waals surface area contributed by atoms with Crippen molar-refractivity contribution in [3.05, 3.63) is 54.2 Å². The highest BCUT2D eigenvalue weighted by Crippen LogP contribution is 2.32. The van der Waals surface area contributed by atoms with Crippen LogP contribution in [0, 0.1) is 6.92 Å². The summed E-state index contributed by atoms with van der Waals surface area (Å²) in [5, 5.41) is 11.7. The van der Waals surface area contributed by atoms with Crippen LogP contribution in [0.3, 0.4) is 0 Å². The van der Waals surface area contributed by atoms with Crippen molar-refractivity contribution in [1.29, 1.82) is 0 Å². The first-order chi connectivity index (χ1) is 16.9. The molecule has 1 aromatic carbocycles. The number of anilines is 3. The second kappa shape index (κ2) is 10.9. The Morgan fingerprint density at radius 1 is 0.914 bits per heavy atom. The lowest BCUT2D eigenvalue weighted by Gasteiger charge is -2.34. The van der Waals surface area contributed by atoms with Crippen LogP contribution in [0.5, 0.6) is 11.5 Å². The van der Waals surface area contributed by atoms with Crippen molar-refractivity contribution < 1.29 is 17.9 Å². The first-order valence-electron chi connectivity index (χ1n) is 11.6. The number of sulfonamides is 1. The molecule has 3 aromatic rings. The summed E-state index contributed by atoms with van der Waals surface area (Å²) in [6.45, 7) is 8.18. The number of rotatable bonds is 9.